The van der Waals surface area contributed by atoms with Crippen LogP contribution in [-0.2, 0) is 21.9 Å². The molecular formula is C27H30F6N2O2. The van der Waals surface area contributed by atoms with E-state index in [0.717, 1.165) is 25.0 Å². The number of carbonyl (C=O) groups excluding carboxylic acids is 2. The van der Waals surface area contributed by atoms with E-state index in [1.165, 1.54) is 0 Å². The Morgan fingerprint density at radius 2 is 1.73 bits per heavy atom. The van der Waals surface area contributed by atoms with Crippen molar-refractivity contribution in [3.8, 4) is 0 Å². The van der Waals surface area contributed by atoms with Crippen LogP contribution in [0.1, 0.15) is 63.5 Å². The second-order valence-electron chi connectivity index (χ2n) is 11.6. The number of rotatable bonds is 2. The molecule has 3 fully saturated rings. The molecule has 4 nitrogen and oxygen atoms in total. The van der Waals surface area contributed by atoms with Crippen molar-refractivity contribution in [1.82, 2.24) is 5.32 Å². The van der Waals surface area contributed by atoms with E-state index in [2.05, 4.69) is 17.6 Å². The topological polar surface area (TPSA) is 58.2 Å². The van der Waals surface area contributed by atoms with E-state index in [4.69, 9.17) is 0 Å². The van der Waals surface area contributed by atoms with Gasteiger partial charge >= 0.3 is 12.4 Å². The number of halogens is 6. The van der Waals surface area contributed by atoms with Gasteiger partial charge in [0.05, 0.1) is 16.8 Å². The molecule has 10 heteroatoms. The summed E-state index contributed by atoms with van der Waals surface area (Å²) in [6, 6.07) is 1.12. The third-order valence-corrected chi connectivity index (χ3v) is 9.82. The molecule has 202 valence electrons. The molecule has 1 heterocycles. The zero-order valence-electron chi connectivity index (χ0n) is 20.7. The number of ketones is 1. The van der Waals surface area contributed by atoms with E-state index in [1.807, 2.05) is 6.92 Å². The Bertz CT molecular complexity index is 1160. The first-order valence-corrected chi connectivity index (χ1v) is 12.7. The quantitative estimate of drug-likeness (QED) is 0.427. The number of carbonyl (C=O) groups is 2. The molecule has 3 unspecified atom stereocenters. The van der Waals surface area contributed by atoms with Crippen molar-refractivity contribution in [2.24, 2.45) is 34.5 Å². The molecule has 0 bridgehead atoms. The van der Waals surface area contributed by atoms with Crippen molar-refractivity contribution in [3.63, 3.8) is 0 Å². The molecule has 0 spiro atoms. The first-order valence-electron chi connectivity index (χ1n) is 12.7. The van der Waals surface area contributed by atoms with E-state index in [-0.39, 0.29) is 23.0 Å². The highest BCUT2D eigenvalue weighted by Crippen LogP contribution is 2.64. The molecule has 6 atom stereocenters. The predicted molar refractivity (Wildman–Crippen MR) is 124 cm³/mol. The standard InChI is InChI=1S/C27H30F6N2O2/c1-24-10-8-18-16(13-34-22-12-15(36)7-9-25(18,22)2)17(24)5-6-20(24)23(37)35-21-11-14(26(28,29)30)3-4-19(21)27(31,32)33/h3-4,11-12,16-18,20,34H,5-10,13H2,1-2H3,(H,35,37)/t16?,17?,18?,20-,24+,25-/m1/s1. The maximum Gasteiger partial charge on any atom is 0.418 e. The molecule has 0 radical (unpaired) electrons. The summed E-state index contributed by atoms with van der Waals surface area (Å²) in [5, 5.41) is 5.70. The number of alkyl halides is 6. The highest BCUT2D eigenvalue weighted by molar-refractivity contribution is 5.94. The molecule has 2 N–H and O–H groups in total. The Morgan fingerprint density at radius 3 is 2.41 bits per heavy atom. The van der Waals surface area contributed by atoms with Gasteiger partial charge in [-0.1, -0.05) is 13.8 Å². The summed E-state index contributed by atoms with van der Waals surface area (Å²) in [7, 11) is 0. The van der Waals surface area contributed by atoms with Gasteiger partial charge in [0.2, 0.25) is 5.91 Å². The average molecular weight is 529 g/mol. The Hall–Kier alpha value is -2.52. The maximum atomic E-state index is 13.6. The third kappa shape index (κ3) is 4.24. The van der Waals surface area contributed by atoms with Gasteiger partial charge in [-0.25, -0.2) is 0 Å². The van der Waals surface area contributed by atoms with Crippen LogP contribution < -0.4 is 10.6 Å². The van der Waals surface area contributed by atoms with Crippen molar-refractivity contribution in [2.75, 3.05) is 11.9 Å². The van der Waals surface area contributed by atoms with Gasteiger partial charge < -0.3 is 10.6 Å². The van der Waals surface area contributed by atoms with E-state index in [9.17, 15) is 35.9 Å². The molecule has 2 saturated carbocycles. The van der Waals surface area contributed by atoms with Crippen LogP contribution in [0.4, 0.5) is 32.0 Å². The lowest BCUT2D eigenvalue weighted by Gasteiger charge is -2.58. The molecule has 1 aromatic carbocycles. The first kappa shape index (κ1) is 26.1. The summed E-state index contributed by atoms with van der Waals surface area (Å²) >= 11 is 0. The van der Waals surface area contributed by atoms with Crippen molar-refractivity contribution in [3.05, 3.63) is 41.1 Å². The van der Waals surface area contributed by atoms with Gasteiger partial charge in [0.1, 0.15) is 0 Å². The molecule has 0 aromatic heterocycles. The average Bonchev–Trinajstić information content (AvgIpc) is 3.15. The summed E-state index contributed by atoms with van der Waals surface area (Å²) < 4.78 is 80.4. The summed E-state index contributed by atoms with van der Waals surface area (Å²) in [6.45, 7) is 4.85. The van der Waals surface area contributed by atoms with Crippen LogP contribution in [0.25, 0.3) is 0 Å². The fourth-order valence-electron chi connectivity index (χ4n) is 7.87. The van der Waals surface area contributed by atoms with Crippen molar-refractivity contribution in [1.29, 1.82) is 0 Å². The minimum absolute atomic E-state index is 0.115. The minimum Gasteiger partial charge on any atom is -0.387 e. The summed E-state index contributed by atoms with van der Waals surface area (Å²) in [6.07, 6.45) is -4.08. The fourth-order valence-corrected chi connectivity index (χ4v) is 7.87. The molecule has 37 heavy (non-hydrogen) atoms. The SMILES string of the molecule is C[C@]12CCC(=O)C=C1NCC1C2CC[C@@]2(C)C1CC[C@@H]2C(=O)Nc1cc(C(F)(F)F)ccc1C(F)(F)F. The van der Waals surface area contributed by atoms with Crippen LogP contribution >= 0.6 is 0 Å². The summed E-state index contributed by atoms with van der Waals surface area (Å²) in [5.41, 5.74) is -3.06. The van der Waals surface area contributed by atoms with Gasteiger partial charge in [-0.2, -0.15) is 26.3 Å². The second kappa shape index (κ2) is 8.50. The van der Waals surface area contributed by atoms with E-state index in [1.54, 1.807) is 6.08 Å². The van der Waals surface area contributed by atoms with Gasteiger partial charge in [0, 0.05) is 36.1 Å². The third-order valence-electron chi connectivity index (χ3n) is 9.82. The number of piperidine rings is 1. The number of anilines is 1. The van der Waals surface area contributed by atoms with Crippen molar-refractivity contribution in [2.45, 2.75) is 64.7 Å². The number of nitrogens with one attached hydrogen (secondary N) is 2. The molecule has 1 aromatic rings. The first-order chi connectivity index (χ1) is 17.1. The lowest BCUT2D eigenvalue weighted by molar-refractivity contribution is -0.141. The Balaban J connectivity index is 1.40. The molecule has 1 aliphatic heterocycles. The monoisotopic (exact) mass is 528 g/mol. The largest absolute Gasteiger partial charge is 0.418 e. The van der Waals surface area contributed by atoms with Crippen molar-refractivity contribution < 1.29 is 35.9 Å². The molecule has 1 amide bonds. The highest BCUT2D eigenvalue weighted by Gasteiger charge is 2.60. The number of hydrogen-bond donors (Lipinski definition) is 2. The van der Waals surface area contributed by atoms with Crippen LogP contribution in [0.3, 0.4) is 0 Å². The number of hydrogen-bond acceptors (Lipinski definition) is 3. The Morgan fingerprint density at radius 1 is 1.00 bits per heavy atom. The van der Waals surface area contributed by atoms with Crippen LogP contribution in [0, 0.1) is 34.5 Å². The fraction of sp³-hybridized carbons (Fsp3) is 0.630. The second-order valence-corrected chi connectivity index (χ2v) is 11.6. The number of allylic oxidation sites excluding steroid dienone is 2. The lowest BCUT2D eigenvalue weighted by Crippen LogP contribution is -2.57. The van der Waals surface area contributed by atoms with Crippen LogP contribution in [-0.4, -0.2) is 18.2 Å². The Labute approximate surface area is 211 Å². The number of benzene rings is 1. The zero-order valence-corrected chi connectivity index (χ0v) is 20.7. The van der Waals surface area contributed by atoms with E-state index >= 15 is 0 Å². The highest BCUT2D eigenvalue weighted by atomic mass is 19.4. The Kier molecular flexibility index (Phi) is 5.99. The van der Waals surface area contributed by atoms with Crippen LogP contribution in [0.15, 0.2) is 30.0 Å². The van der Waals surface area contributed by atoms with Crippen LogP contribution in [0.2, 0.25) is 0 Å². The minimum atomic E-state index is -4.91. The normalized spacial score (nSPS) is 35.6. The molecule has 5 rings (SSSR count). The van der Waals surface area contributed by atoms with E-state index in [0.29, 0.717) is 49.9 Å². The summed E-state index contributed by atoms with van der Waals surface area (Å²) in [4.78, 5) is 25.4. The van der Waals surface area contributed by atoms with Gasteiger partial charge in [-0.15, -0.1) is 0 Å². The van der Waals surface area contributed by atoms with Gasteiger partial charge in [-0.3, -0.25) is 9.59 Å². The van der Waals surface area contributed by atoms with Gasteiger partial charge in [0.15, 0.2) is 5.78 Å². The lowest BCUT2D eigenvalue weighted by atomic mass is 9.50. The van der Waals surface area contributed by atoms with Crippen LogP contribution in [0.5, 0.6) is 0 Å². The molecular weight excluding hydrogens is 498 g/mol. The molecule has 3 aliphatic carbocycles. The predicted octanol–water partition coefficient (Wildman–Crippen LogP) is 6.58. The number of fused-ring (bicyclic) bond motifs is 5. The molecule has 4 aliphatic rings. The molecule has 1 saturated heterocycles. The van der Waals surface area contributed by atoms with Gasteiger partial charge in [-0.05, 0) is 73.5 Å². The van der Waals surface area contributed by atoms with Gasteiger partial charge in [0.25, 0.3) is 0 Å². The maximum absolute atomic E-state index is 13.6. The smallest absolute Gasteiger partial charge is 0.387 e. The van der Waals surface area contributed by atoms with E-state index < -0.39 is 46.4 Å². The number of amides is 1. The summed E-state index contributed by atoms with van der Waals surface area (Å²) in [5.74, 6) is -0.433. The zero-order chi connectivity index (χ0) is 27.0. The van der Waals surface area contributed by atoms with Crippen molar-refractivity contribution >= 4 is 17.4 Å².